The minimum atomic E-state index is 0.694. The van der Waals surface area contributed by atoms with E-state index < -0.39 is 0 Å². The number of hydrogen-bond donors (Lipinski definition) is 1. The van der Waals surface area contributed by atoms with Crippen LogP contribution in [0.1, 0.15) is 59.3 Å². The summed E-state index contributed by atoms with van der Waals surface area (Å²) in [7, 11) is 0. The Morgan fingerprint density at radius 2 is 1.88 bits per heavy atom. The van der Waals surface area contributed by atoms with Gasteiger partial charge in [-0.05, 0) is 52.7 Å². The van der Waals surface area contributed by atoms with E-state index in [0.717, 1.165) is 6.04 Å². The average molecular weight is 226 g/mol. The summed E-state index contributed by atoms with van der Waals surface area (Å²) in [6.07, 6.45) is 8.43. The van der Waals surface area contributed by atoms with Crippen LogP contribution in [0.4, 0.5) is 0 Å². The van der Waals surface area contributed by atoms with Gasteiger partial charge in [-0.15, -0.1) is 0 Å². The standard InChI is InChI=1S/C14H30N2/c1-4-16(13(2)3)12-8-11-15-14-9-6-5-7-10-14/h13-15H,4-12H2,1-3H3. The highest BCUT2D eigenvalue weighted by molar-refractivity contribution is 4.72. The van der Waals surface area contributed by atoms with Gasteiger partial charge < -0.3 is 10.2 Å². The fourth-order valence-electron chi connectivity index (χ4n) is 2.68. The first-order valence-electron chi connectivity index (χ1n) is 7.21. The van der Waals surface area contributed by atoms with Crippen molar-refractivity contribution in [2.45, 2.75) is 71.4 Å². The molecule has 1 aliphatic rings. The summed E-state index contributed by atoms with van der Waals surface area (Å²) >= 11 is 0. The summed E-state index contributed by atoms with van der Waals surface area (Å²) in [6, 6.07) is 1.52. The van der Waals surface area contributed by atoms with Crippen LogP contribution < -0.4 is 5.32 Å². The Morgan fingerprint density at radius 1 is 1.19 bits per heavy atom. The van der Waals surface area contributed by atoms with Gasteiger partial charge in [-0.1, -0.05) is 26.2 Å². The molecule has 0 heterocycles. The number of hydrogen-bond acceptors (Lipinski definition) is 2. The van der Waals surface area contributed by atoms with E-state index in [-0.39, 0.29) is 0 Å². The maximum absolute atomic E-state index is 3.71. The summed E-state index contributed by atoms with van der Waals surface area (Å²) < 4.78 is 0. The van der Waals surface area contributed by atoms with Crippen molar-refractivity contribution >= 4 is 0 Å². The topological polar surface area (TPSA) is 15.3 Å². The Bertz CT molecular complexity index is 162. The second kappa shape index (κ2) is 8.08. The zero-order valence-electron chi connectivity index (χ0n) is 11.5. The fraction of sp³-hybridized carbons (Fsp3) is 1.00. The van der Waals surface area contributed by atoms with Crippen molar-refractivity contribution in [1.82, 2.24) is 10.2 Å². The van der Waals surface area contributed by atoms with E-state index in [1.54, 1.807) is 0 Å². The second-order valence-corrected chi connectivity index (χ2v) is 5.36. The average Bonchev–Trinajstić information content (AvgIpc) is 2.30. The van der Waals surface area contributed by atoms with Crippen LogP contribution in [-0.4, -0.2) is 36.6 Å². The van der Waals surface area contributed by atoms with E-state index in [1.807, 2.05) is 0 Å². The first-order valence-corrected chi connectivity index (χ1v) is 7.21. The monoisotopic (exact) mass is 226 g/mol. The molecule has 0 radical (unpaired) electrons. The van der Waals surface area contributed by atoms with E-state index in [1.165, 1.54) is 58.2 Å². The molecule has 2 nitrogen and oxygen atoms in total. The van der Waals surface area contributed by atoms with Gasteiger partial charge in [0.25, 0.3) is 0 Å². The van der Waals surface area contributed by atoms with Gasteiger partial charge in [-0.25, -0.2) is 0 Å². The maximum atomic E-state index is 3.71. The molecule has 0 aromatic carbocycles. The Hall–Kier alpha value is -0.0800. The smallest absolute Gasteiger partial charge is 0.00670 e. The summed E-state index contributed by atoms with van der Waals surface area (Å²) in [5, 5.41) is 3.71. The molecule has 0 atom stereocenters. The molecule has 0 unspecified atom stereocenters. The van der Waals surface area contributed by atoms with Gasteiger partial charge in [0.2, 0.25) is 0 Å². The third-order valence-electron chi connectivity index (χ3n) is 3.80. The predicted molar refractivity (Wildman–Crippen MR) is 71.9 cm³/mol. The molecule has 1 saturated carbocycles. The molecule has 16 heavy (non-hydrogen) atoms. The Kier molecular flexibility index (Phi) is 7.06. The largest absolute Gasteiger partial charge is 0.314 e. The highest BCUT2D eigenvalue weighted by Gasteiger charge is 2.12. The molecule has 1 aliphatic carbocycles. The molecule has 2 heteroatoms. The molecule has 1 N–H and O–H groups in total. The number of nitrogens with one attached hydrogen (secondary N) is 1. The zero-order chi connectivity index (χ0) is 11.8. The van der Waals surface area contributed by atoms with Crippen molar-refractivity contribution in [2.75, 3.05) is 19.6 Å². The predicted octanol–water partition coefficient (Wildman–Crippen LogP) is 3.03. The maximum Gasteiger partial charge on any atom is 0.00670 e. The molecular weight excluding hydrogens is 196 g/mol. The molecule has 0 amide bonds. The SMILES string of the molecule is CCN(CCCNC1CCCCC1)C(C)C. The van der Waals surface area contributed by atoms with E-state index in [0.29, 0.717) is 6.04 Å². The normalized spacial score (nSPS) is 18.6. The fourth-order valence-corrected chi connectivity index (χ4v) is 2.68. The van der Waals surface area contributed by atoms with Crippen molar-refractivity contribution in [3.8, 4) is 0 Å². The van der Waals surface area contributed by atoms with E-state index >= 15 is 0 Å². The van der Waals surface area contributed by atoms with E-state index in [9.17, 15) is 0 Å². The molecular formula is C14H30N2. The van der Waals surface area contributed by atoms with Gasteiger partial charge in [-0.2, -0.15) is 0 Å². The van der Waals surface area contributed by atoms with Gasteiger partial charge in [0.05, 0.1) is 0 Å². The Balaban J connectivity index is 2.01. The Morgan fingerprint density at radius 3 is 2.44 bits per heavy atom. The molecule has 0 aromatic rings. The summed E-state index contributed by atoms with van der Waals surface area (Å²) in [5.41, 5.74) is 0. The van der Waals surface area contributed by atoms with Crippen LogP contribution in [0.2, 0.25) is 0 Å². The van der Waals surface area contributed by atoms with Crippen molar-refractivity contribution in [3.05, 3.63) is 0 Å². The van der Waals surface area contributed by atoms with Crippen LogP contribution in [0.3, 0.4) is 0 Å². The molecule has 0 saturated heterocycles. The minimum absolute atomic E-state index is 0.694. The first kappa shape index (κ1) is 14.0. The van der Waals surface area contributed by atoms with Crippen LogP contribution in [0.25, 0.3) is 0 Å². The molecule has 96 valence electrons. The quantitative estimate of drug-likeness (QED) is 0.671. The molecule has 0 aliphatic heterocycles. The number of nitrogens with zero attached hydrogens (tertiary/aromatic N) is 1. The molecule has 1 rings (SSSR count). The van der Waals surface area contributed by atoms with E-state index in [2.05, 4.69) is 31.0 Å². The van der Waals surface area contributed by atoms with Crippen molar-refractivity contribution in [2.24, 2.45) is 0 Å². The van der Waals surface area contributed by atoms with Crippen molar-refractivity contribution in [3.63, 3.8) is 0 Å². The second-order valence-electron chi connectivity index (χ2n) is 5.36. The lowest BCUT2D eigenvalue weighted by Gasteiger charge is -2.26. The summed E-state index contributed by atoms with van der Waals surface area (Å²) in [5.74, 6) is 0. The highest BCUT2D eigenvalue weighted by Crippen LogP contribution is 2.17. The Labute approximate surface area is 102 Å². The van der Waals surface area contributed by atoms with Crippen LogP contribution in [0, 0.1) is 0 Å². The zero-order valence-corrected chi connectivity index (χ0v) is 11.5. The molecule has 1 fully saturated rings. The third-order valence-corrected chi connectivity index (χ3v) is 3.80. The van der Waals surface area contributed by atoms with Gasteiger partial charge in [0.15, 0.2) is 0 Å². The lowest BCUT2D eigenvalue weighted by molar-refractivity contribution is 0.227. The van der Waals surface area contributed by atoms with Gasteiger partial charge in [-0.3, -0.25) is 0 Å². The molecule has 0 aromatic heterocycles. The van der Waals surface area contributed by atoms with Crippen LogP contribution in [0.5, 0.6) is 0 Å². The lowest BCUT2D eigenvalue weighted by Crippen LogP contribution is -2.36. The van der Waals surface area contributed by atoms with Crippen LogP contribution >= 0.6 is 0 Å². The van der Waals surface area contributed by atoms with Gasteiger partial charge in [0, 0.05) is 12.1 Å². The number of rotatable bonds is 7. The van der Waals surface area contributed by atoms with Crippen molar-refractivity contribution < 1.29 is 0 Å². The van der Waals surface area contributed by atoms with Crippen LogP contribution in [-0.2, 0) is 0 Å². The summed E-state index contributed by atoms with van der Waals surface area (Å²) in [6.45, 7) is 10.5. The lowest BCUT2D eigenvalue weighted by atomic mass is 9.95. The minimum Gasteiger partial charge on any atom is -0.314 e. The third kappa shape index (κ3) is 5.31. The van der Waals surface area contributed by atoms with Gasteiger partial charge >= 0.3 is 0 Å². The first-order chi connectivity index (χ1) is 7.74. The molecule has 0 bridgehead atoms. The summed E-state index contributed by atoms with van der Waals surface area (Å²) in [4.78, 5) is 2.54. The highest BCUT2D eigenvalue weighted by atomic mass is 15.1. The van der Waals surface area contributed by atoms with Crippen molar-refractivity contribution in [1.29, 1.82) is 0 Å². The molecule has 0 spiro atoms. The van der Waals surface area contributed by atoms with Crippen LogP contribution in [0.15, 0.2) is 0 Å². The van der Waals surface area contributed by atoms with Gasteiger partial charge in [0.1, 0.15) is 0 Å². The van der Waals surface area contributed by atoms with E-state index in [4.69, 9.17) is 0 Å².